The molecule has 2 aromatic rings. The van der Waals surface area contributed by atoms with Crippen LogP contribution in [-0.4, -0.2) is 12.1 Å². The van der Waals surface area contributed by atoms with Gasteiger partial charge in [-0.05, 0) is 34.1 Å². The van der Waals surface area contributed by atoms with E-state index in [1.165, 1.54) is 13.2 Å². The summed E-state index contributed by atoms with van der Waals surface area (Å²) in [5.41, 5.74) is 1.38. The number of halogens is 2. The van der Waals surface area contributed by atoms with Gasteiger partial charge in [0.2, 0.25) is 5.88 Å². The van der Waals surface area contributed by atoms with Gasteiger partial charge in [0.1, 0.15) is 6.07 Å². The van der Waals surface area contributed by atoms with E-state index in [0.29, 0.717) is 18.1 Å². The van der Waals surface area contributed by atoms with Crippen molar-refractivity contribution in [3.05, 3.63) is 51.9 Å². The number of nitrogens with zero attached hydrogens (tertiary/aromatic N) is 2. The van der Waals surface area contributed by atoms with Gasteiger partial charge >= 0.3 is 0 Å². The molecule has 1 aromatic heterocycles. The van der Waals surface area contributed by atoms with E-state index in [-0.39, 0.29) is 10.0 Å². The van der Waals surface area contributed by atoms with E-state index in [4.69, 9.17) is 10.00 Å². The number of benzene rings is 1. The molecule has 1 aromatic carbocycles. The van der Waals surface area contributed by atoms with Crippen molar-refractivity contribution < 1.29 is 9.13 Å². The Labute approximate surface area is 124 Å². The van der Waals surface area contributed by atoms with Gasteiger partial charge in [-0.2, -0.15) is 5.26 Å². The molecule has 0 fully saturated rings. The van der Waals surface area contributed by atoms with Crippen LogP contribution in [0.25, 0.3) is 0 Å². The van der Waals surface area contributed by atoms with Crippen LogP contribution < -0.4 is 10.1 Å². The minimum atomic E-state index is -0.494. The lowest BCUT2D eigenvalue weighted by Crippen LogP contribution is -2.04. The summed E-state index contributed by atoms with van der Waals surface area (Å²) in [6.07, 6.45) is 1.63. The minimum absolute atomic E-state index is 0.156. The second-order valence-corrected chi connectivity index (χ2v) is 4.72. The monoisotopic (exact) mass is 335 g/mol. The maximum atomic E-state index is 14.0. The number of pyridine rings is 1. The molecule has 6 heteroatoms. The highest BCUT2D eigenvalue weighted by molar-refractivity contribution is 9.10. The van der Waals surface area contributed by atoms with Crippen molar-refractivity contribution in [2.24, 2.45) is 0 Å². The SMILES string of the molecule is COc1ncccc1CNc1ccc(C#N)c(Br)c1F. The van der Waals surface area contributed by atoms with Gasteiger partial charge in [-0.15, -0.1) is 0 Å². The molecule has 20 heavy (non-hydrogen) atoms. The zero-order chi connectivity index (χ0) is 14.5. The van der Waals surface area contributed by atoms with Crippen molar-refractivity contribution in [2.75, 3.05) is 12.4 Å². The highest BCUT2D eigenvalue weighted by atomic mass is 79.9. The van der Waals surface area contributed by atoms with E-state index in [9.17, 15) is 4.39 Å². The zero-order valence-corrected chi connectivity index (χ0v) is 12.2. The predicted octanol–water partition coefficient (Wildman–Crippen LogP) is 3.48. The summed E-state index contributed by atoms with van der Waals surface area (Å²) in [7, 11) is 1.53. The number of nitrogens with one attached hydrogen (secondary N) is 1. The van der Waals surface area contributed by atoms with Crippen LogP contribution >= 0.6 is 15.9 Å². The van der Waals surface area contributed by atoms with E-state index in [1.54, 1.807) is 18.3 Å². The molecule has 0 atom stereocenters. The number of hydrogen-bond acceptors (Lipinski definition) is 4. The number of rotatable bonds is 4. The van der Waals surface area contributed by atoms with Gasteiger partial charge in [-0.3, -0.25) is 0 Å². The maximum Gasteiger partial charge on any atom is 0.218 e. The fourth-order valence-electron chi connectivity index (χ4n) is 1.71. The Morgan fingerprint density at radius 2 is 2.25 bits per heavy atom. The lowest BCUT2D eigenvalue weighted by atomic mass is 10.2. The first-order chi connectivity index (χ1) is 9.67. The number of ether oxygens (including phenoxy) is 1. The number of hydrogen-bond donors (Lipinski definition) is 1. The molecular weight excluding hydrogens is 325 g/mol. The molecule has 0 saturated carbocycles. The van der Waals surface area contributed by atoms with Crippen LogP contribution in [-0.2, 0) is 6.54 Å². The van der Waals surface area contributed by atoms with Crippen molar-refractivity contribution in [2.45, 2.75) is 6.54 Å². The number of methoxy groups -OCH3 is 1. The molecule has 0 amide bonds. The highest BCUT2D eigenvalue weighted by Crippen LogP contribution is 2.27. The van der Waals surface area contributed by atoms with Crippen LogP contribution in [0.3, 0.4) is 0 Å². The molecule has 0 unspecified atom stereocenters. The molecule has 0 aliphatic carbocycles. The topological polar surface area (TPSA) is 57.9 Å². The van der Waals surface area contributed by atoms with E-state index in [2.05, 4.69) is 26.2 Å². The number of anilines is 1. The summed E-state index contributed by atoms with van der Waals surface area (Å²) in [4.78, 5) is 4.07. The molecular formula is C14H11BrFN3O. The molecule has 0 saturated heterocycles. The first kappa shape index (κ1) is 14.3. The van der Waals surface area contributed by atoms with Crippen LogP contribution in [0, 0.1) is 17.1 Å². The van der Waals surface area contributed by atoms with Crippen molar-refractivity contribution >= 4 is 21.6 Å². The normalized spacial score (nSPS) is 9.90. The third-order valence-corrected chi connectivity index (χ3v) is 3.49. The Kier molecular flexibility index (Phi) is 4.53. The first-order valence-corrected chi connectivity index (χ1v) is 6.56. The average Bonchev–Trinajstić information content (AvgIpc) is 2.49. The molecule has 1 N–H and O–H groups in total. The van der Waals surface area contributed by atoms with Gasteiger partial charge in [0, 0.05) is 18.3 Å². The Hall–Kier alpha value is -2.13. The minimum Gasteiger partial charge on any atom is -0.481 e. The second kappa shape index (κ2) is 6.35. The third kappa shape index (κ3) is 2.89. The largest absolute Gasteiger partial charge is 0.481 e. The molecule has 0 spiro atoms. The van der Waals surface area contributed by atoms with E-state index >= 15 is 0 Å². The smallest absolute Gasteiger partial charge is 0.218 e. The maximum absolute atomic E-state index is 14.0. The molecule has 0 bridgehead atoms. The lowest BCUT2D eigenvalue weighted by Gasteiger charge is -2.11. The van der Waals surface area contributed by atoms with Gasteiger partial charge in [-0.1, -0.05) is 6.07 Å². The van der Waals surface area contributed by atoms with Crippen molar-refractivity contribution in [1.29, 1.82) is 5.26 Å². The van der Waals surface area contributed by atoms with Crippen LogP contribution in [0.4, 0.5) is 10.1 Å². The molecule has 1 heterocycles. The van der Waals surface area contributed by atoms with E-state index in [1.807, 2.05) is 12.1 Å². The average molecular weight is 336 g/mol. The summed E-state index contributed by atoms with van der Waals surface area (Å²) in [5.74, 6) is 0.0000241. The van der Waals surface area contributed by atoms with E-state index < -0.39 is 5.82 Å². The van der Waals surface area contributed by atoms with Crippen LogP contribution in [0.1, 0.15) is 11.1 Å². The Balaban J connectivity index is 2.20. The summed E-state index contributed by atoms with van der Waals surface area (Å²) < 4.78 is 19.3. The Morgan fingerprint density at radius 3 is 2.95 bits per heavy atom. The van der Waals surface area contributed by atoms with Crippen LogP contribution in [0.5, 0.6) is 5.88 Å². The Morgan fingerprint density at radius 1 is 1.45 bits per heavy atom. The van der Waals surface area contributed by atoms with Gasteiger partial charge < -0.3 is 10.1 Å². The van der Waals surface area contributed by atoms with E-state index in [0.717, 1.165) is 5.56 Å². The summed E-state index contributed by atoms with van der Waals surface area (Å²) in [5, 5.41) is 11.8. The molecule has 0 aliphatic rings. The van der Waals surface area contributed by atoms with Gasteiger partial charge in [0.05, 0.1) is 22.8 Å². The van der Waals surface area contributed by atoms with Crippen molar-refractivity contribution in [3.63, 3.8) is 0 Å². The fourth-order valence-corrected chi connectivity index (χ4v) is 2.14. The second-order valence-electron chi connectivity index (χ2n) is 3.93. The Bertz CT molecular complexity index is 670. The lowest BCUT2D eigenvalue weighted by molar-refractivity contribution is 0.393. The molecule has 4 nitrogen and oxygen atoms in total. The number of aromatic nitrogens is 1. The summed E-state index contributed by atoms with van der Waals surface area (Å²) in [6.45, 7) is 0.367. The summed E-state index contributed by atoms with van der Waals surface area (Å²) >= 11 is 3.07. The van der Waals surface area contributed by atoms with Crippen molar-refractivity contribution in [1.82, 2.24) is 4.98 Å². The standard InChI is InChI=1S/C14H11BrFN3O/c1-20-14-10(3-2-6-18-14)8-19-11-5-4-9(7-17)12(15)13(11)16/h2-6,19H,8H2,1H3. The van der Waals surface area contributed by atoms with Crippen LogP contribution in [0.15, 0.2) is 34.9 Å². The molecule has 0 aliphatic heterocycles. The summed E-state index contributed by atoms with van der Waals surface area (Å²) in [6, 6.07) is 8.62. The quantitative estimate of drug-likeness (QED) is 0.929. The molecule has 102 valence electrons. The third-order valence-electron chi connectivity index (χ3n) is 2.72. The molecule has 0 radical (unpaired) electrons. The van der Waals surface area contributed by atoms with Crippen molar-refractivity contribution in [3.8, 4) is 11.9 Å². The highest BCUT2D eigenvalue weighted by Gasteiger charge is 2.11. The fraction of sp³-hybridized carbons (Fsp3) is 0.143. The molecule has 2 rings (SSSR count). The van der Waals surface area contributed by atoms with Gasteiger partial charge in [0.15, 0.2) is 5.82 Å². The number of nitriles is 1. The first-order valence-electron chi connectivity index (χ1n) is 5.77. The predicted molar refractivity (Wildman–Crippen MR) is 76.9 cm³/mol. The van der Waals surface area contributed by atoms with Gasteiger partial charge in [-0.25, -0.2) is 9.37 Å². The van der Waals surface area contributed by atoms with Crippen LogP contribution in [0.2, 0.25) is 0 Å². The van der Waals surface area contributed by atoms with Gasteiger partial charge in [0.25, 0.3) is 0 Å². The zero-order valence-electron chi connectivity index (χ0n) is 10.7.